The standard InChI is InChI=1S/C15H22BrN7O2S2/c1-11-12(20-9-19-11)7-26-4-2-17-14(6-23(24)25)18-3-5-27-8-13-15(16)22-10-21-13/h9-10H,2-8H2,1H3,(H,17,18)(H,19,20)(H,21,22). The molecule has 2 aromatic rings. The van der Waals surface area contributed by atoms with E-state index in [1.54, 1.807) is 36.2 Å². The number of rotatable bonds is 12. The minimum Gasteiger partial charge on any atom is -0.368 e. The van der Waals surface area contributed by atoms with Crippen LogP contribution in [0.25, 0.3) is 0 Å². The minimum atomic E-state index is -0.360. The highest BCUT2D eigenvalue weighted by Gasteiger charge is 2.07. The van der Waals surface area contributed by atoms with E-state index in [-0.39, 0.29) is 11.5 Å². The van der Waals surface area contributed by atoms with Gasteiger partial charge in [0.1, 0.15) is 4.60 Å². The number of aryl methyl sites for hydroxylation is 1. The Morgan fingerprint density at radius 3 is 2.74 bits per heavy atom. The molecule has 148 valence electrons. The summed E-state index contributed by atoms with van der Waals surface area (Å²) >= 11 is 6.80. The summed E-state index contributed by atoms with van der Waals surface area (Å²) < 4.78 is 0.820. The molecule has 0 aliphatic heterocycles. The molecule has 9 nitrogen and oxygen atoms in total. The first-order valence-electron chi connectivity index (χ1n) is 8.27. The first-order chi connectivity index (χ1) is 13.1. The van der Waals surface area contributed by atoms with Crippen molar-refractivity contribution in [1.82, 2.24) is 25.3 Å². The number of H-pyrrole nitrogens is 2. The van der Waals surface area contributed by atoms with Gasteiger partial charge in [0.05, 0.1) is 30.6 Å². The second-order valence-electron chi connectivity index (χ2n) is 5.50. The van der Waals surface area contributed by atoms with Gasteiger partial charge >= 0.3 is 0 Å². The predicted molar refractivity (Wildman–Crippen MR) is 114 cm³/mol. The molecule has 0 unspecified atom stereocenters. The molecular weight excluding hydrogens is 454 g/mol. The average molecular weight is 476 g/mol. The van der Waals surface area contributed by atoms with Gasteiger partial charge in [0.15, 0.2) is 5.84 Å². The van der Waals surface area contributed by atoms with E-state index in [1.165, 1.54) is 0 Å². The minimum absolute atomic E-state index is 0.278. The summed E-state index contributed by atoms with van der Waals surface area (Å²) in [5.74, 6) is 3.64. The molecule has 0 radical (unpaired) electrons. The third kappa shape index (κ3) is 8.35. The summed E-state index contributed by atoms with van der Waals surface area (Å²) in [5.41, 5.74) is 3.14. The van der Waals surface area contributed by atoms with E-state index >= 15 is 0 Å². The molecule has 0 saturated heterocycles. The summed E-state index contributed by atoms with van der Waals surface area (Å²) in [5, 5.41) is 13.9. The van der Waals surface area contributed by atoms with Crippen LogP contribution in [0.3, 0.4) is 0 Å². The van der Waals surface area contributed by atoms with Crippen LogP contribution in [0.2, 0.25) is 0 Å². The van der Waals surface area contributed by atoms with Crippen molar-refractivity contribution in [2.45, 2.75) is 18.4 Å². The molecule has 3 N–H and O–H groups in total. The Labute approximate surface area is 174 Å². The van der Waals surface area contributed by atoms with Crippen LogP contribution in [0.1, 0.15) is 17.1 Å². The molecule has 2 aromatic heterocycles. The lowest BCUT2D eigenvalue weighted by molar-refractivity contribution is -0.463. The van der Waals surface area contributed by atoms with E-state index in [0.29, 0.717) is 18.9 Å². The van der Waals surface area contributed by atoms with Crippen molar-refractivity contribution in [3.8, 4) is 0 Å². The van der Waals surface area contributed by atoms with Crippen molar-refractivity contribution >= 4 is 45.3 Å². The van der Waals surface area contributed by atoms with E-state index in [0.717, 1.165) is 44.7 Å². The second-order valence-corrected chi connectivity index (χ2v) is 8.46. The summed E-state index contributed by atoms with van der Waals surface area (Å²) in [6.45, 7) is 2.88. The van der Waals surface area contributed by atoms with Gasteiger partial charge in [0.2, 0.25) is 0 Å². The van der Waals surface area contributed by atoms with Gasteiger partial charge in [0.25, 0.3) is 6.54 Å². The van der Waals surface area contributed by atoms with Gasteiger partial charge in [-0.25, -0.2) is 9.97 Å². The van der Waals surface area contributed by atoms with E-state index in [9.17, 15) is 10.1 Å². The number of aromatic nitrogens is 4. The quantitative estimate of drug-likeness (QED) is 0.141. The molecule has 0 aromatic carbocycles. The summed E-state index contributed by atoms with van der Waals surface area (Å²) in [6.07, 6.45) is 3.33. The smallest absolute Gasteiger partial charge is 0.259 e. The number of imidazole rings is 2. The van der Waals surface area contributed by atoms with Gasteiger partial charge < -0.3 is 15.3 Å². The molecular formula is C15H22BrN7O2S2. The third-order valence-corrected chi connectivity index (χ3v) is 6.10. The number of thioether (sulfide) groups is 2. The maximum atomic E-state index is 10.8. The highest BCUT2D eigenvalue weighted by Crippen LogP contribution is 2.17. The Kier molecular flexibility index (Phi) is 9.70. The van der Waals surface area contributed by atoms with Crippen LogP contribution >= 0.6 is 39.5 Å². The van der Waals surface area contributed by atoms with E-state index in [2.05, 4.69) is 46.2 Å². The first-order valence-corrected chi connectivity index (χ1v) is 11.4. The Morgan fingerprint density at radius 2 is 2.07 bits per heavy atom. The third-order valence-electron chi connectivity index (χ3n) is 3.48. The molecule has 0 amide bonds. The number of hydrogen-bond acceptors (Lipinski definition) is 7. The van der Waals surface area contributed by atoms with Crippen LogP contribution in [-0.2, 0) is 11.5 Å². The Balaban J connectivity index is 1.65. The molecule has 2 rings (SSSR count). The van der Waals surface area contributed by atoms with Crippen molar-refractivity contribution in [1.29, 1.82) is 0 Å². The van der Waals surface area contributed by atoms with Gasteiger partial charge in [-0.3, -0.25) is 15.1 Å². The van der Waals surface area contributed by atoms with Crippen molar-refractivity contribution in [3.05, 3.63) is 44.5 Å². The van der Waals surface area contributed by atoms with Crippen LogP contribution < -0.4 is 5.32 Å². The van der Waals surface area contributed by atoms with Crippen molar-refractivity contribution in [2.24, 2.45) is 4.99 Å². The van der Waals surface area contributed by atoms with Crippen LogP contribution in [-0.4, -0.2) is 61.8 Å². The molecule has 27 heavy (non-hydrogen) atoms. The highest BCUT2D eigenvalue weighted by molar-refractivity contribution is 9.10. The first kappa shape index (κ1) is 21.8. The van der Waals surface area contributed by atoms with Gasteiger partial charge in [-0.1, -0.05) is 0 Å². The lowest BCUT2D eigenvalue weighted by Gasteiger charge is -2.07. The molecule has 0 saturated carbocycles. The molecule has 0 spiro atoms. The molecule has 0 fully saturated rings. The SMILES string of the molecule is Cc1[nH]cnc1CSCCN=C(C[N+](=O)[O-])NCCSCc1[nH]cnc1Br. The van der Waals surface area contributed by atoms with Crippen molar-refractivity contribution < 1.29 is 4.92 Å². The zero-order valence-corrected chi connectivity index (χ0v) is 18.1. The number of nitrogens with one attached hydrogen (secondary N) is 3. The summed E-state index contributed by atoms with van der Waals surface area (Å²) in [7, 11) is 0. The van der Waals surface area contributed by atoms with Gasteiger partial charge in [-0.2, -0.15) is 23.5 Å². The molecule has 2 heterocycles. The maximum absolute atomic E-state index is 10.8. The molecule has 0 aliphatic rings. The topological polar surface area (TPSA) is 125 Å². The molecule has 0 bridgehead atoms. The Morgan fingerprint density at radius 1 is 1.30 bits per heavy atom. The zero-order chi connectivity index (χ0) is 19.5. The van der Waals surface area contributed by atoms with Gasteiger partial charge in [-0.15, -0.1) is 0 Å². The lowest BCUT2D eigenvalue weighted by atomic mass is 10.4. The number of hydrogen-bond donors (Lipinski definition) is 3. The molecule has 12 heteroatoms. The molecule has 0 aliphatic carbocycles. The van der Waals surface area contributed by atoms with Crippen LogP contribution in [0.4, 0.5) is 0 Å². The maximum Gasteiger partial charge on any atom is 0.259 e. The monoisotopic (exact) mass is 475 g/mol. The van der Waals surface area contributed by atoms with Crippen LogP contribution in [0.15, 0.2) is 22.3 Å². The number of aliphatic imine (C=N–C) groups is 1. The van der Waals surface area contributed by atoms with E-state index < -0.39 is 0 Å². The zero-order valence-electron chi connectivity index (χ0n) is 14.9. The van der Waals surface area contributed by atoms with Crippen LogP contribution in [0, 0.1) is 17.0 Å². The fourth-order valence-corrected chi connectivity index (χ4v) is 4.28. The fraction of sp³-hybridized carbons (Fsp3) is 0.533. The van der Waals surface area contributed by atoms with Gasteiger partial charge in [0, 0.05) is 40.2 Å². The summed E-state index contributed by atoms with van der Waals surface area (Å²) in [4.78, 5) is 29.2. The van der Waals surface area contributed by atoms with Crippen LogP contribution in [0.5, 0.6) is 0 Å². The number of halogens is 1. The molecule has 0 atom stereocenters. The normalized spacial score (nSPS) is 11.7. The van der Waals surface area contributed by atoms with Gasteiger partial charge in [-0.05, 0) is 22.9 Å². The van der Waals surface area contributed by atoms with Crippen molar-refractivity contribution in [3.63, 3.8) is 0 Å². The average Bonchev–Trinajstić information content (AvgIpc) is 3.22. The number of nitro groups is 1. The largest absolute Gasteiger partial charge is 0.368 e. The lowest BCUT2D eigenvalue weighted by Crippen LogP contribution is -2.32. The predicted octanol–water partition coefficient (Wildman–Crippen LogP) is 2.64. The van der Waals surface area contributed by atoms with E-state index in [1.807, 2.05) is 6.92 Å². The number of aromatic amines is 2. The summed E-state index contributed by atoms with van der Waals surface area (Å²) in [6, 6.07) is 0. The highest BCUT2D eigenvalue weighted by atomic mass is 79.9. The Hall–Kier alpha value is -1.53. The van der Waals surface area contributed by atoms with E-state index in [4.69, 9.17) is 0 Å². The second kappa shape index (κ2) is 12.0. The number of amidine groups is 1. The number of nitrogens with zero attached hydrogens (tertiary/aromatic N) is 4. The fourth-order valence-electron chi connectivity index (χ4n) is 2.08. The Bertz CT molecular complexity index is 750. The van der Waals surface area contributed by atoms with Crippen molar-refractivity contribution in [2.75, 3.05) is 31.1 Å².